The largest absolute Gasteiger partial charge is 0.347 e. The van der Waals surface area contributed by atoms with Crippen molar-refractivity contribution in [2.24, 2.45) is 0 Å². The van der Waals surface area contributed by atoms with Gasteiger partial charge in [-0.2, -0.15) is 0 Å². The van der Waals surface area contributed by atoms with Crippen molar-refractivity contribution >= 4 is 27.8 Å². The van der Waals surface area contributed by atoms with E-state index in [9.17, 15) is 4.79 Å². The van der Waals surface area contributed by atoms with Gasteiger partial charge in [0, 0.05) is 16.8 Å². The first-order valence-electron chi connectivity index (χ1n) is 9.97. The van der Waals surface area contributed by atoms with E-state index >= 15 is 0 Å². The van der Waals surface area contributed by atoms with Gasteiger partial charge in [0.2, 0.25) is 5.78 Å². The standard InChI is InChI=1S/C26H21NOS/c28-24(19-11-3-1-4-12-19)25-23-21-16-8-7-10-18(21)13-9-17-22(23)26(29-25)27-20-14-5-2-6-15-20/h1-8,10-12,14-16,27H,9,13,17H2. The molecule has 1 heterocycles. The highest BCUT2D eigenvalue weighted by Gasteiger charge is 2.27. The van der Waals surface area contributed by atoms with Gasteiger partial charge in [-0.25, -0.2) is 0 Å². The van der Waals surface area contributed by atoms with Gasteiger partial charge >= 0.3 is 0 Å². The Morgan fingerprint density at radius 2 is 1.48 bits per heavy atom. The monoisotopic (exact) mass is 395 g/mol. The first-order chi connectivity index (χ1) is 14.3. The summed E-state index contributed by atoms with van der Waals surface area (Å²) in [6.07, 6.45) is 3.10. The molecule has 0 spiro atoms. The molecule has 3 heteroatoms. The van der Waals surface area contributed by atoms with E-state index in [0.717, 1.165) is 46.0 Å². The summed E-state index contributed by atoms with van der Waals surface area (Å²) in [5.41, 5.74) is 6.71. The molecule has 0 saturated carbocycles. The Kier molecular flexibility index (Phi) is 4.74. The van der Waals surface area contributed by atoms with E-state index in [4.69, 9.17) is 0 Å². The van der Waals surface area contributed by atoms with Gasteiger partial charge in [-0.1, -0.05) is 72.8 Å². The number of hydrogen-bond acceptors (Lipinski definition) is 3. The van der Waals surface area contributed by atoms with Crippen molar-refractivity contribution in [1.29, 1.82) is 0 Å². The highest BCUT2D eigenvalue weighted by atomic mass is 32.1. The molecule has 142 valence electrons. The van der Waals surface area contributed by atoms with Crippen LogP contribution in [0.5, 0.6) is 0 Å². The summed E-state index contributed by atoms with van der Waals surface area (Å²) in [5, 5.41) is 4.67. The number of aryl methyl sites for hydroxylation is 1. The maximum atomic E-state index is 13.5. The van der Waals surface area contributed by atoms with E-state index in [1.165, 1.54) is 16.7 Å². The van der Waals surface area contributed by atoms with Crippen molar-refractivity contribution in [3.8, 4) is 11.1 Å². The molecule has 0 saturated heterocycles. The third-order valence-electron chi connectivity index (χ3n) is 5.44. The summed E-state index contributed by atoms with van der Waals surface area (Å²) in [6.45, 7) is 0. The molecule has 0 atom stereocenters. The third-order valence-corrected chi connectivity index (χ3v) is 6.59. The lowest BCUT2D eigenvalue weighted by molar-refractivity contribution is 0.104. The van der Waals surface area contributed by atoms with E-state index < -0.39 is 0 Å². The maximum Gasteiger partial charge on any atom is 0.203 e. The molecule has 4 aromatic rings. The Morgan fingerprint density at radius 1 is 0.793 bits per heavy atom. The van der Waals surface area contributed by atoms with Gasteiger partial charge in [0.25, 0.3) is 0 Å². The van der Waals surface area contributed by atoms with Crippen LogP contribution in [-0.2, 0) is 12.8 Å². The van der Waals surface area contributed by atoms with Crippen molar-refractivity contribution < 1.29 is 4.79 Å². The minimum Gasteiger partial charge on any atom is -0.347 e. The van der Waals surface area contributed by atoms with Crippen molar-refractivity contribution in [2.75, 3.05) is 5.32 Å². The van der Waals surface area contributed by atoms with Crippen molar-refractivity contribution in [3.05, 3.63) is 106 Å². The van der Waals surface area contributed by atoms with E-state index in [1.807, 2.05) is 48.5 Å². The minimum absolute atomic E-state index is 0.102. The van der Waals surface area contributed by atoms with Crippen LogP contribution in [0.15, 0.2) is 84.9 Å². The number of carbonyl (C=O) groups is 1. The van der Waals surface area contributed by atoms with Crippen LogP contribution < -0.4 is 5.32 Å². The quantitative estimate of drug-likeness (QED) is 0.382. The summed E-state index contributed by atoms with van der Waals surface area (Å²) in [7, 11) is 0. The van der Waals surface area contributed by atoms with Crippen LogP contribution >= 0.6 is 11.3 Å². The van der Waals surface area contributed by atoms with Gasteiger partial charge in [-0.3, -0.25) is 4.79 Å². The Morgan fingerprint density at radius 3 is 2.28 bits per heavy atom. The molecule has 3 aromatic carbocycles. The highest BCUT2D eigenvalue weighted by Crippen LogP contribution is 2.46. The first kappa shape index (κ1) is 17.9. The summed E-state index contributed by atoms with van der Waals surface area (Å²) < 4.78 is 0. The normalized spacial score (nSPS) is 12.6. The molecule has 5 rings (SSSR count). The molecule has 1 N–H and O–H groups in total. The number of rotatable bonds is 4. The lowest BCUT2D eigenvalue weighted by Gasteiger charge is -2.09. The molecule has 1 aliphatic carbocycles. The minimum atomic E-state index is 0.102. The van der Waals surface area contributed by atoms with E-state index in [0.29, 0.717) is 0 Å². The SMILES string of the molecule is O=C(c1ccccc1)c1sc(Nc2ccccc2)c2c1-c1ccccc1CCC2. The van der Waals surface area contributed by atoms with Crippen LogP contribution in [-0.4, -0.2) is 5.78 Å². The Labute approximate surface area is 174 Å². The maximum absolute atomic E-state index is 13.5. The number of carbonyl (C=O) groups excluding carboxylic acids is 1. The zero-order chi connectivity index (χ0) is 19.6. The van der Waals surface area contributed by atoms with E-state index in [1.54, 1.807) is 11.3 Å². The number of para-hydroxylation sites is 1. The summed E-state index contributed by atoms with van der Waals surface area (Å²) in [5.74, 6) is 0.102. The molecule has 1 aliphatic rings. The Bertz CT molecular complexity index is 1160. The molecule has 0 aliphatic heterocycles. The number of nitrogens with one attached hydrogen (secondary N) is 1. The summed E-state index contributed by atoms with van der Waals surface area (Å²) in [6, 6.07) is 28.3. The highest BCUT2D eigenvalue weighted by molar-refractivity contribution is 7.19. The molecular formula is C26H21NOS. The number of hydrogen-bond donors (Lipinski definition) is 1. The zero-order valence-corrected chi connectivity index (χ0v) is 16.8. The predicted octanol–water partition coefficient (Wildman–Crippen LogP) is 6.88. The van der Waals surface area contributed by atoms with Crippen LogP contribution in [0.1, 0.15) is 32.8 Å². The van der Waals surface area contributed by atoms with Gasteiger partial charge in [0.15, 0.2) is 0 Å². The second-order valence-corrected chi connectivity index (χ2v) is 8.33. The fourth-order valence-corrected chi connectivity index (χ4v) is 5.31. The van der Waals surface area contributed by atoms with Gasteiger partial charge in [0.1, 0.15) is 0 Å². The number of ketones is 1. The number of benzene rings is 3. The van der Waals surface area contributed by atoms with Gasteiger partial charge in [0.05, 0.1) is 9.88 Å². The average molecular weight is 396 g/mol. The van der Waals surface area contributed by atoms with Crippen molar-refractivity contribution in [1.82, 2.24) is 0 Å². The van der Waals surface area contributed by atoms with Gasteiger partial charge in [-0.05, 0) is 48.1 Å². The van der Waals surface area contributed by atoms with E-state index in [2.05, 4.69) is 41.7 Å². The van der Waals surface area contributed by atoms with Crippen molar-refractivity contribution in [3.63, 3.8) is 0 Å². The zero-order valence-electron chi connectivity index (χ0n) is 16.0. The fraction of sp³-hybridized carbons (Fsp3) is 0.115. The summed E-state index contributed by atoms with van der Waals surface area (Å²) in [4.78, 5) is 14.3. The van der Waals surface area contributed by atoms with Gasteiger partial charge < -0.3 is 5.32 Å². The van der Waals surface area contributed by atoms with Crippen LogP contribution in [0, 0.1) is 0 Å². The smallest absolute Gasteiger partial charge is 0.203 e. The molecule has 0 unspecified atom stereocenters. The second kappa shape index (κ2) is 7.69. The Hall–Kier alpha value is -3.17. The van der Waals surface area contributed by atoms with Crippen LogP contribution in [0.2, 0.25) is 0 Å². The lowest BCUT2D eigenvalue weighted by Crippen LogP contribution is -2.01. The third kappa shape index (κ3) is 3.39. The van der Waals surface area contributed by atoms with Crippen molar-refractivity contribution in [2.45, 2.75) is 19.3 Å². The van der Waals surface area contributed by atoms with Crippen LogP contribution in [0.3, 0.4) is 0 Å². The number of fused-ring (bicyclic) bond motifs is 3. The average Bonchev–Trinajstić information content (AvgIpc) is 3.00. The fourth-order valence-electron chi connectivity index (χ4n) is 4.06. The molecule has 0 radical (unpaired) electrons. The topological polar surface area (TPSA) is 29.1 Å². The molecule has 2 nitrogen and oxygen atoms in total. The Balaban J connectivity index is 1.70. The molecule has 0 amide bonds. The summed E-state index contributed by atoms with van der Waals surface area (Å²) >= 11 is 1.59. The second-order valence-electron chi connectivity index (χ2n) is 7.31. The predicted molar refractivity (Wildman–Crippen MR) is 121 cm³/mol. The van der Waals surface area contributed by atoms with E-state index in [-0.39, 0.29) is 5.78 Å². The van der Waals surface area contributed by atoms with Crippen LogP contribution in [0.4, 0.5) is 10.7 Å². The molecule has 1 aromatic heterocycles. The molecule has 0 bridgehead atoms. The first-order valence-corrected chi connectivity index (χ1v) is 10.8. The van der Waals surface area contributed by atoms with Gasteiger partial charge in [-0.15, -0.1) is 11.3 Å². The number of anilines is 2. The molecule has 0 fully saturated rings. The molecule has 29 heavy (non-hydrogen) atoms. The number of thiophene rings is 1. The lowest BCUT2D eigenvalue weighted by atomic mass is 9.95. The van der Waals surface area contributed by atoms with Crippen LogP contribution in [0.25, 0.3) is 11.1 Å². The molecular weight excluding hydrogens is 374 g/mol.